The predicted octanol–water partition coefficient (Wildman–Crippen LogP) is -0.492. The maximum absolute atomic E-state index is 13.1. The molecule has 1 aromatic rings. The minimum atomic E-state index is -0.423. The van der Waals surface area contributed by atoms with Crippen molar-refractivity contribution >= 4 is 17.7 Å². The Hall–Kier alpha value is -2.48. The summed E-state index contributed by atoms with van der Waals surface area (Å²) in [6, 6.07) is 5.34. The molecule has 2 fully saturated rings. The molecule has 140 valence electrons. The largest absolute Gasteiger partial charge is 0.354 e. The van der Waals surface area contributed by atoms with Crippen molar-refractivity contribution in [2.24, 2.45) is 0 Å². The monoisotopic (exact) mass is 359 g/mol. The normalized spacial score (nSPS) is 25.7. The highest BCUT2D eigenvalue weighted by atomic mass is 16.2. The number of fused-ring (bicyclic) bond motifs is 1. The topological polar surface area (TPSA) is 94.6 Å². The van der Waals surface area contributed by atoms with Crippen LogP contribution >= 0.6 is 0 Å². The van der Waals surface area contributed by atoms with Crippen molar-refractivity contribution in [1.82, 2.24) is 25.4 Å². The van der Waals surface area contributed by atoms with Gasteiger partial charge in [-0.3, -0.25) is 24.3 Å². The molecule has 2 N–H and O–H groups in total. The zero-order valence-corrected chi connectivity index (χ0v) is 15.1. The van der Waals surface area contributed by atoms with Gasteiger partial charge in [0.15, 0.2) is 0 Å². The summed E-state index contributed by atoms with van der Waals surface area (Å²) in [7, 11) is 0. The standard InChI is InChI=1S/C18H25N5O3/c1-12(24)20-8-17-18(26)23-10-15(21-13(2)25)7-16(23)11-22(17)9-14-5-3-4-6-19-14/h3-6,15-17H,7-11H2,1-2H3,(H,20,24)(H,21,25)/t15-,16-,17-/m0/s1. The van der Waals surface area contributed by atoms with Crippen LogP contribution in [0.2, 0.25) is 0 Å². The van der Waals surface area contributed by atoms with Gasteiger partial charge >= 0.3 is 0 Å². The zero-order valence-electron chi connectivity index (χ0n) is 15.1. The van der Waals surface area contributed by atoms with E-state index in [9.17, 15) is 14.4 Å². The van der Waals surface area contributed by atoms with Gasteiger partial charge in [-0.15, -0.1) is 0 Å². The van der Waals surface area contributed by atoms with Crippen LogP contribution in [0.5, 0.6) is 0 Å². The van der Waals surface area contributed by atoms with E-state index in [0.717, 1.165) is 12.1 Å². The van der Waals surface area contributed by atoms with E-state index in [0.29, 0.717) is 19.6 Å². The third-order valence-corrected chi connectivity index (χ3v) is 4.91. The molecule has 3 rings (SSSR count). The van der Waals surface area contributed by atoms with E-state index in [1.54, 1.807) is 6.20 Å². The van der Waals surface area contributed by atoms with Gasteiger partial charge in [0.2, 0.25) is 17.7 Å². The number of piperazine rings is 1. The van der Waals surface area contributed by atoms with Gasteiger partial charge in [0.25, 0.3) is 0 Å². The highest BCUT2D eigenvalue weighted by Gasteiger charge is 2.45. The number of carbonyl (C=O) groups excluding carboxylic acids is 3. The molecular formula is C18H25N5O3. The van der Waals surface area contributed by atoms with Gasteiger partial charge in [-0.25, -0.2) is 0 Å². The number of nitrogens with zero attached hydrogens (tertiary/aromatic N) is 3. The summed E-state index contributed by atoms with van der Waals surface area (Å²) >= 11 is 0. The van der Waals surface area contributed by atoms with Crippen molar-refractivity contribution in [2.75, 3.05) is 19.6 Å². The maximum atomic E-state index is 13.1. The average molecular weight is 359 g/mol. The van der Waals surface area contributed by atoms with Gasteiger partial charge in [0.05, 0.1) is 5.69 Å². The van der Waals surface area contributed by atoms with Crippen molar-refractivity contribution in [1.29, 1.82) is 0 Å². The Balaban J connectivity index is 1.76. The molecular weight excluding hydrogens is 334 g/mol. The molecule has 0 radical (unpaired) electrons. The van der Waals surface area contributed by atoms with E-state index < -0.39 is 6.04 Å². The van der Waals surface area contributed by atoms with Crippen LogP contribution in [-0.4, -0.2) is 70.3 Å². The van der Waals surface area contributed by atoms with Gasteiger partial charge in [0.1, 0.15) is 6.04 Å². The maximum Gasteiger partial charge on any atom is 0.242 e. The first-order chi connectivity index (χ1) is 12.4. The number of nitrogens with one attached hydrogen (secondary N) is 2. The Morgan fingerprint density at radius 3 is 2.69 bits per heavy atom. The number of hydrogen-bond donors (Lipinski definition) is 2. The summed E-state index contributed by atoms with van der Waals surface area (Å²) in [5, 5.41) is 5.68. The van der Waals surface area contributed by atoms with Gasteiger partial charge < -0.3 is 15.5 Å². The molecule has 0 bridgehead atoms. The Kier molecular flexibility index (Phi) is 5.51. The highest BCUT2D eigenvalue weighted by Crippen LogP contribution is 2.27. The molecule has 3 amide bonds. The molecule has 8 heteroatoms. The van der Waals surface area contributed by atoms with E-state index >= 15 is 0 Å². The Morgan fingerprint density at radius 1 is 1.23 bits per heavy atom. The van der Waals surface area contributed by atoms with Crippen molar-refractivity contribution in [2.45, 2.75) is 44.9 Å². The Morgan fingerprint density at radius 2 is 2.04 bits per heavy atom. The summed E-state index contributed by atoms with van der Waals surface area (Å²) < 4.78 is 0. The lowest BCUT2D eigenvalue weighted by molar-refractivity contribution is -0.144. The molecule has 1 aromatic heterocycles. The Labute approximate surface area is 152 Å². The fraction of sp³-hybridized carbons (Fsp3) is 0.556. The van der Waals surface area contributed by atoms with Crippen LogP contribution in [0.4, 0.5) is 0 Å². The fourth-order valence-electron chi connectivity index (χ4n) is 3.83. The second-order valence-electron chi connectivity index (χ2n) is 6.98. The van der Waals surface area contributed by atoms with Crippen LogP contribution in [0.3, 0.4) is 0 Å². The second-order valence-corrected chi connectivity index (χ2v) is 6.98. The first-order valence-electron chi connectivity index (χ1n) is 8.90. The third-order valence-electron chi connectivity index (χ3n) is 4.91. The SMILES string of the molecule is CC(=O)NC[C@H]1C(=O)N2C[C@@H](NC(C)=O)C[C@H]2CN1Cc1ccccn1. The van der Waals surface area contributed by atoms with Gasteiger partial charge in [-0.2, -0.15) is 0 Å². The summed E-state index contributed by atoms with van der Waals surface area (Å²) in [5.41, 5.74) is 0.887. The van der Waals surface area contributed by atoms with Crippen molar-refractivity contribution < 1.29 is 14.4 Å². The minimum Gasteiger partial charge on any atom is -0.354 e. The van der Waals surface area contributed by atoms with Gasteiger partial charge in [-0.1, -0.05) is 6.07 Å². The fourth-order valence-corrected chi connectivity index (χ4v) is 3.83. The molecule has 0 saturated carbocycles. The molecule has 3 heterocycles. The summed E-state index contributed by atoms with van der Waals surface area (Å²) in [6.45, 7) is 4.98. The average Bonchev–Trinajstić information content (AvgIpc) is 2.97. The second kappa shape index (κ2) is 7.82. The molecule has 8 nitrogen and oxygen atoms in total. The van der Waals surface area contributed by atoms with Crippen LogP contribution < -0.4 is 10.6 Å². The molecule has 26 heavy (non-hydrogen) atoms. The van der Waals surface area contributed by atoms with Crippen LogP contribution in [-0.2, 0) is 20.9 Å². The molecule has 0 unspecified atom stereocenters. The molecule has 0 aromatic carbocycles. The van der Waals surface area contributed by atoms with Crippen LogP contribution in [0.25, 0.3) is 0 Å². The van der Waals surface area contributed by atoms with Crippen molar-refractivity contribution in [3.8, 4) is 0 Å². The lowest BCUT2D eigenvalue weighted by atomic mass is 10.0. The van der Waals surface area contributed by atoms with Crippen molar-refractivity contribution in [3.63, 3.8) is 0 Å². The summed E-state index contributed by atoms with van der Waals surface area (Å²) in [5.74, 6) is -0.239. The summed E-state index contributed by atoms with van der Waals surface area (Å²) in [6.07, 6.45) is 2.48. The third kappa shape index (κ3) is 4.19. The molecule has 0 aliphatic carbocycles. The number of pyridine rings is 1. The number of hydrogen-bond acceptors (Lipinski definition) is 5. The first-order valence-corrected chi connectivity index (χ1v) is 8.90. The lowest BCUT2D eigenvalue weighted by Gasteiger charge is -2.42. The Bertz CT molecular complexity index is 681. The number of carbonyl (C=O) groups is 3. The molecule has 3 atom stereocenters. The summed E-state index contributed by atoms with van der Waals surface area (Å²) in [4.78, 5) is 44.0. The smallest absolute Gasteiger partial charge is 0.242 e. The number of amides is 3. The molecule has 2 aliphatic heterocycles. The zero-order chi connectivity index (χ0) is 18.7. The van der Waals surface area contributed by atoms with E-state index in [-0.39, 0.29) is 36.3 Å². The quantitative estimate of drug-likeness (QED) is 0.740. The minimum absolute atomic E-state index is 0.00113. The van der Waals surface area contributed by atoms with Crippen LogP contribution in [0.1, 0.15) is 26.0 Å². The van der Waals surface area contributed by atoms with E-state index in [1.807, 2.05) is 23.1 Å². The van der Waals surface area contributed by atoms with Crippen LogP contribution in [0.15, 0.2) is 24.4 Å². The predicted molar refractivity (Wildman–Crippen MR) is 94.8 cm³/mol. The molecule has 2 saturated heterocycles. The van der Waals surface area contributed by atoms with Gasteiger partial charge in [-0.05, 0) is 18.6 Å². The molecule has 0 spiro atoms. The number of rotatable bonds is 5. The first kappa shape index (κ1) is 18.3. The van der Waals surface area contributed by atoms with E-state index in [2.05, 4.69) is 20.5 Å². The number of aromatic nitrogens is 1. The van der Waals surface area contributed by atoms with Gasteiger partial charge in [0, 0.05) is 58.3 Å². The van der Waals surface area contributed by atoms with Crippen molar-refractivity contribution in [3.05, 3.63) is 30.1 Å². The van der Waals surface area contributed by atoms with E-state index in [4.69, 9.17) is 0 Å². The van der Waals surface area contributed by atoms with E-state index in [1.165, 1.54) is 13.8 Å². The highest BCUT2D eigenvalue weighted by molar-refractivity contribution is 5.85. The molecule has 2 aliphatic rings. The lowest BCUT2D eigenvalue weighted by Crippen LogP contribution is -2.62. The van der Waals surface area contributed by atoms with Crippen LogP contribution in [0, 0.1) is 0 Å².